The first kappa shape index (κ1) is 19.6. The molecule has 0 saturated carbocycles. The summed E-state index contributed by atoms with van der Waals surface area (Å²) in [6.45, 7) is 0.599. The molecule has 140 valence electrons. The fourth-order valence-corrected chi connectivity index (χ4v) is 2.77. The standard InChI is InChI=1S/C21H28N2O3/c1-22(2)18-9-6-16(7-10-18)15-23(3)21(24)13-8-17-14-19(25-4)11-12-20(17)26-5/h6-7,9-12,14H,8,13,15H2,1-5H3. The van der Waals surface area contributed by atoms with E-state index in [1.54, 1.807) is 19.1 Å². The molecule has 0 N–H and O–H groups in total. The monoisotopic (exact) mass is 356 g/mol. The fourth-order valence-electron chi connectivity index (χ4n) is 2.77. The third-order valence-electron chi connectivity index (χ3n) is 4.39. The van der Waals surface area contributed by atoms with Gasteiger partial charge in [-0.25, -0.2) is 0 Å². The molecule has 5 heteroatoms. The highest BCUT2D eigenvalue weighted by Crippen LogP contribution is 2.25. The van der Waals surface area contributed by atoms with Crippen LogP contribution in [0.3, 0.4) is 0 Å². The number of carbonyl (C=O) groups excluding carboxylic acids is 1. The Balaban J connectivity index is 1.95. The SMILES string of the molecule is COc1ccc(OC)c(CCC(=O)N(C)Cc2ccc(N(C)C)cc2)c1. The molecule has 26 heavy (non-hydrogen) atoms. The highest BCUT2D eigenvalue weighted by molar-refractivity contribution is 5.76. The first-order valence-electron chi connectivity index (χ1n) is 8.65. The van der Waals surface area contributed by atoms with E-state index < -0.39 is 0 Å². The highest BCUT2D eigenvalue weighted by Gasteiger charge is 2.12. The molecule has 5 nitrogen and oxygen atoms in total. The van der Waals surface area contributed by atoms with Crippen LogP contribution >= 0.6 is 0 Å². The molecule has 0 fully saturated rings. The van der Waals surface area contributed by atoms with Crippen LogP contribution in [0.5, 0.6) is 11.5 Å². The van der Waals surface area contributed by atoms with Crippen LogP contribution in [0.2, 0.25) is 0 Å². The summed E-state index contributed by atoms with van der Waals surface area (Å²) >= 11 is 0. The normalized spacial score (nSPS) is 10.3. The zero-order valence-electron chi connectivity index (χ0n) is 16.3. The molecule has 0 aliphatic rings. The first-order chi connectivity index (χ1) is 12.4. The molecule has 0 unspecified atom stereocenters. The zero-order chi connectivity index (χ0) is 19.1. The third kappa shape index (κ3) is 5.15. The molecule has 0 radical (unpaired) electrons. The van der Waals surface area contributed by atoms with E-state index in [0.29, 0.717) is 19.4 Å². The lowest BCUT2D eigenvalue weighted by molar-refractivity contribution is -0.130. The highest BCUT2D eigenvalue weighted by atomic mass is 16.5. The summed E-state index contributed by atoms with van der Waals surface area (Å²) in [7, 11) is 9.13. The second kappa shape index (κ2) is 9.13. The van der Waals surface area contributed by atoms with Crippen molar-refractivity contribution < 1.29 is 14.3 Å². The van der Waals surface area contributed by atoms with Crippen molar-refractivity contribution in [1.29, 1.82) is 0 Å². The van der Waals surface area contributed by atoms with E-state index in [1.807, 2.05) is 39.3 Å². The lowest BCUT2D eigenvalue weighted by Crippen LogP contribution is -2.26. The van der Waals surface area contributed by atoms with Gasteiger partial charge in [0.1, 0.15) is 11.5 Å². The molecule has 2 aromatic carbocycles. The van der Waals surface area contributed by atoms with E-state index in [9.17, 15) is 4.79 Å². The van der Waals surface area contributed by atoms with Gasteiger partial charge in [-0.3, -0.25) is 4.79 Å². The lowest BCUT2D eigenvalue weighted by atomic mass is 10.1. The van der Waals surface area contributed by atoms with Crippen molar-refractivity contribution in [2.75, 3.05) is 40.3 Å². The van der Waals surface area contributed by atoms with E-state index in [-0.39, 0.29) is 5.91 Å². The van der Waals surface area contributed by atoms with Crippen molar-refractivity contribution in [3.8, 4) is 11.5 Å². The molecule has 2 rings (SSSR count). The van der Waals surface area contributed by atoms with Crippen molar-refractivity contribution in [2.24, 2.45) is 0 Å². The summed E-state index contributed by atoms with van der Waals surface area (Å²) in [6.07, 6.45) is 1.04. The Hall–Kier alpha value is -2.69. The minimum absolute atomic E-state index is 0.103. The second-order valence-electron chi connectivity index (χ2n) is 6.49. The molecule has 0 spiro atoms. The smallest absolute Gasteiger partial charge is 0.222 e. The van der Waals surface area contributed by atoms with Gasteiger partial charge in [0.25, 0.3) is 0 Å². The van der Waals surface area contributed by atoms with Crippen molar-refractivity contribution in [3.63, 3.8) is 0 Å². The van der Waals surface area contributed by atoms with Crippen LogP contribution in [0.25, 0.3) is 0 Å². The maximum atomic E-state index is 12.5. The fraction of sp³-hybridized carbons (Fsp3) is 0.381. The number of amides is 1. The maximum absolute atomic E-state index is 12.5. The number of benzene rings is 2. The van der Waals surface area contributed by atoms with Gasteiger partial charge in [0.15, 0.2) is 0 Å². The van der Waals surface area contributed by atoms with Gasteiger partial charge in [-0.05, 0) is 47.9 Å². The number of carbonyl (C=O) groups is 1. The van der Waals surface area contributed by atoms with Crippen LogP contribution < -0.4 is 14.4 Å². The summed E-state index contributed by atoms with van der Waals surface area (Å²) in [5.41, 5.74) is 3.24. The average Bonchev–Trinajstić information content (AvgIpc) is 2.66. The first-order valence-corrected chi connectivity index (χ1v) is 8.65. The summed E-state index contributed by atoms with van der Waals surface area (Å²) < 4.78 is 10.6. The van der Waals surface area contributed by atoms with E-state index in [0.717, 1.165) is 28.3 Å². The summed E-state index contributed by atoms with van der Waals surface area (Å²) in [5, 5.41) is 0. The molecule has 2 aromatic rings. The van der Waals surface area contributed by atoms with E-state index in [2.05, 4.69) is 29.2 Å². The van der Waals surface area contributed by atoms with Crippen LogP contribution in [0.15, 0.2) is 42.5 Å². The Morgan fingerprint density at radius 2 is 1.65 bits per heavy atom. The Morgan fingerprint density at radius 1 is 0.962 bits per heavy atom. The molecule has 1 amide bonds. The summed E-state index contributed by atoms with van der Waals surface area (Å²) in [5.74, 6) is 1.65. The van der Waals surface area contributed by atoms with Gasteiger partial charge in [0.2, 0.25) is 5.91 Å². The zero-order valence-corrected chi connectivity index (χ0v) is 16.3. The number of nitrogens with zero attached hydrogens (tertiary/aromatic N) is 2. The molecule has 0 aliphatic carbocycles. The molecule has 0 aromatic heterocycles. The third-order valence-corrected chi connectivity index (χ3v) is 4.39. The van der Waals surface area contributed by atoms with Crippen LogP contribution in [-0.4, -0.2) is 46.2 Å². The van der Waals surface area contributed by atoms with Crippen molar-refractivity contribution in [2.45, 2.75) is 19.4 Å². The predicted molar refractivity (Wildman–Crippen MR) is 105 cm³/mol. The number of rotatable bonds is 8. The van der Waals surface area contributed by atoms with Crippen molar-refractivity contribution in [1.82, 2.24) is 4.90 Å². The lowest BCUT2D eigenvalue weighted by Gasteiger charge is -2.19. The predicted octanol–water partition coefficient (Wildman–Crippen LogP) is 3.36. The van der Waals surface area contributed by atoms with Crippen LogP contribution in [0, 0.1) is 0 Å². The van der Waals surface area contributed by atoms with Crippen molar-refractivity contribution >= 4 is 11.6 Å². The molecule has 0 heterocycles. The van der Waals surface area contributed by atoms with Gasteiger partial charge in [0, 0.05) is 39.8 Å². The number of anilines is 1. The van der Waals surface area contributed by atoms with Crippen LogP contribution in [-0.2, 0) is 17.8 Å². The summed E-state index contributed by atoms with van der Waals surface area (Å²) in [6, 6.07) is 13.9. The number of hydrogen-bond donors (Lipinski definition) is 0. The second-order valence-corrected chi connectivity index (χ2v) is 6.49. The Labute approximate surface area is 156 Å². The summed E-state index contributed by atoms with van der Waals surface area (Å²) in [4.78, 5) is 16.3. The number of ether oxygens (including phenoxy) is 2. The van der Waals surface area contributed by atoms with Crippen LogP contribution in [0.4, 0.5) is 5.69 Å². The Bertz CT molecular complexity index is 727. The Morgan fingerprint density at radius 3 is 2.23 bits per heavy atom. The molecule has 0 aliphatic heterocycles. The minimum Gasteiger partial charge on any atom is -0.497 e. The number of methoxy groups -OCH3 is 2. The molecular formula is C21H28N2O3. The molecule has 0 bridgehead atoms. The van der Waals surface area contributed by atoms with Gasteiger partial charge in [-0.1, -0.05) is 12.1 Å². The van der Waals surface area contributed by atoms with Gasteiger partial charge >= 0.3 is 0 Å². The molecule has 0 saturated heterocycles. The van der Waals surface area contributed by atoms with Crippen molar-refractivity contribution in [3.05, 3.63) is 53.6 Å². The number of hydrogen-bond acceptors (Lipinski definition) is 4. The largest absolute Gasteiger partial charge is 0.497 e. The number of aryl methyl sites for hydroxylation is 1. The quantitative estimate of drug-likeness (QED) is 0.727. The van der Waals surface area contributed by atoms with E-state index >= 15 is 0 Å². The Kier molecular flexibility index (Phi) is 6.89. The van der Waals surface area contributed by atoms with Crippen LogP contribution in [0.1, 0.15) is 17.5 Å². The van der Waals surface area contributed by atoms with Gasteiger partial charge in [-0.2, -0.15) is 0 Å². The van der Waals surface area contributed by atoms with E-state index in [1.165, 1.54) is 0 Å². The minimum atomic E-state index is 0.103. The van der Waals surface area contributed by atoms with E-state index in [4.69, 9.17) is 9.47 Å². The average molecular weight is 356 g/mol. The van der Waals surface area contributed by atoms with Gasteiger partial charge in [0.05, 0.1) is 14.2 Å². The van der Waals surface area contributed by atoms with Gasteiger partial charge in [-0.15, -0.1) is 0 Å². The maximum Gasteiger partial charge on any atom is 0.222 e. The topological polar surface area (TPSA) is 42.0 Å². The molecular weight excluding hydrogens is 328 g/mol. The van der Waals surface area contributed by atoms with Gasteiger partial charge < -0.3 is 19.3 Å². The molecule has 0 atom stereocenters.